The minimum absolute atomic E-state index is 0.221. The molecule has 3 saturated carbocycles. The van der Waals surface area contributed by atoms with E-state index in [-0.39, 0.29) is 23.7 Å². The number of hydrogen-bond donors (Lipinski definition) is 3. The van der Waals surface area contributed by atoms with Crippen LogP contribution in [0.1, 0.15) is 66.7 Å². The van der Waals surface area contributed by atoms with E-state index in [1.807, 2.05) is 13.0 Å². The molecular formula is C30H40O8. The Morgan fingerprint density at radius 2 is 1.87 bits per heavy atom. The molecule has 3 N–H and O–H groups in total. The molecule has 1 saturated heterocycles. The average molecular weight is 529 g/mol. The highest BCUT2D eigenvalue weighted by Crippen LogP contribution is 2.72. The van der Waals surface area contributed by atoms with E-state index in [1.165, 1.54) is 6.08 Å². The van der Waals surface area contributed by atoms with Gasteiger partial charge in [0.15, 0.2) is 0 Å². The van der Waals surface area contributed by atoms with Crippen molar-refractivity contribution in [3.63, 3.8) is 0 Å². The molecular weight excluding hydrogens is 488 g/mol. The molecule has 0 radical (unpaired) electrons. The molecule has 0 aromatic carbocycles. The van der Waals surface area contributed by atoms with Crippen molar-refractivity contribution in [1.82, 2.24) is 0 Å². The molecule has 208 valence electrons. The van der Waals surface area contributed by atoms with Crippen molar-refractivity contribution in [3.8, 4) is 0 Å². The smallest absolute Gasteiger partial charge is 0.333 e. The summed E-state index contributed by atoms with van der Waals surface area (Å²) in [5, 5.41) is 36.1. The van der Waals surface area contributed by atoms with Crippen LogP contribution in [-0.4, -0.2) is 68.0 Å². The molecule has 38 heavy (non-hydrogen) atoms. The second kappa shape index (κ2) is 7.80. The highest BCUT2D eigenvalue weighted by molar-refractivity contribution is 5.88. The molecule has 1 spiro atoms. The number of carbonyl (C=O) groups excluding carboxylic acids is 2. The van der Waals surface area contributed by atoms with Crippen LogP contribution >= 0.6 is 0 Å². The second-order valence-corrected chi connectivity index (χ2v) is 13.6. The summed E-state index contributed by atoms with van der Waals surface area (Å²) < 4.78 is 17.7. The quantitative estimate of drug-likeness (QED) is 0.284. The van der Waals surface area contributed by atoms with E-state index in [4.69, 9.17) is 14.2 Å². The summed E-state index contributed by atoms with van der Waals surface area (Å²) in [6, 6.07) is 0. The van der Waals surface area contributed by atoms with E-state index >= 15 is 0 Å². The first kappa shape index (κ1) is 26.2. The van der Waals surface area contributed by atoms with E-state index in [0.29, 0.717) is 43.3 Å². The number of ether oxygens (including phenoxy) is 3. The minimum Gasteiger partial charge on any atom is -0.458 e. The average Bonchev–Trinajstić information content (AvgIpc) is 3.54. The Morgan fingerprint density at radius 1 is 1.16 bits per heavy atom. The summed E-state index contributed by atoms with van der Waals surface area (Å²) >= 11 is 0. The van der Waals surface area contributed by atoms with Gasteiger partial charge in [0, 0.05) is 24.0 Å². The maximum absolute atomic E-state index is 12.4. The number of fused-ring (bicyclic) bond motifs is 4. The third-order valence-corrected chi connectivity index (χ3v) is 11.4. The maximum atomic E-state index is 12.4. The first-order valence-electron chi connectivity index (χ1n) is 13.9. The molecule has 8 heteroatoms. The number of aliphatic hydroxyl groups excluding tert-OH is 1. The van der Waals surface area contributed by atoms with Gasteiger partial charge in [-0.2, -0.15) is 0 Å². The molecule has 0 aromatic heterocycles. The Morgan fingerprint density at radius 3 is 2.55 bits per heavy atom. The highest BCUT2D eigenvalue weighted by atomic mass is 16.6. The Bertz CT molecular complexity index is 1170. The normalized spacial score (nSPS) is 51.7. The van der Waals surface area contributed by atoms with Crippen LogP contribution in [0.15, 0.2) is 36.0 Å². The van der Waals surface area contributed by atoms with E-state index in [2.05, 4.69) is 13.5 Å². The predicted octanol–water partition coefficient (Wildman–Crippen LogP) is 2.75. The van der Waals surface area contributed by atoms with Gasteiger partial charge in [0.2, 0.25) is 0 Å². The summed E-state index contributed by atoms with van der Waals surface area (Å²) in [6.45, 7) is 13.8. The topological polar surface area (TPSA) is 126 Å². The Balaban J connectivity index is 1.34. The molecule has 6 rings (SSSR count). The van der Waals surface area contributed by atoms with E-state index in [1.54, 1.807) is 26.8 Å². The molecule has 3 aliphatic carbocycles. The molecule has 0 bridgehead atoms. The summed E-state index contributed by atoms with van der Waals surface area (Å²) in [6.07, 6.45) is 5.18. The van der Waals surface area contributed by atoms with Gasteiger partial charge in [-0.1, -0.05) is 26.5 Å². The van der Waals surface area contributed by atoms with Crippen molar-refractivity contribution in [1.29, 1.82) is 0 Å². The third-order valence-electron chi connectivity index (χ3n) is 11.4. The van der Waals surface area contributed by atoms with Gasteiger partial charge < -0.3 is 29.5 Å². The zero-order valence-electron chi connectivity index (χ0n) is 22.9. The number of hydrogen-bond acceptors (Lipinski definition) is 8. The van der Waals surface area contributed by atoms with Crippen molar-refractivity contribution < 1.29 is 39.1 Å². The van der Waals surface area contributed by atoms with Crippen LogP contribution in [0.5, 0.6) is 0 Å². The van der Waals surface area contributed by atoms with Crippen molar-refractivity contribution in [2.75, 3.05) is 0 Å². The molecule has 3 heterocycles. The van der Waals surface area contributed by atoms with Gasteiger partial charge >= 0.3 is 11.9 Å². The number of cyclic esters (lactones) is 2. The Labute approximate surface area is 223 Å². The van der Waals surface area contributed by atoms with Crippen LogP contribution in [0.25, 0.3) is 0 Å². The van der Waals surface area contributed by atoms with E-state index < -0.39 is 58.0 Å². The third kappa shape index (κ3) is 3.23. The molecule has 3 aliphatic heterocycles. The molecule has 0 aromatic rings. The predicted molar refractivity (Wildman–Crippen MR) is 136 cm³/mol. The largest absolute Gasteiger partial charge is 0.458 e. The van der Waals surface area contributed by atoms with Crippen molar-refractivity contribution >= 4 is 11.9 Å². The molecule has 0 unspecified atom stereocenters. The zero-order chi connectivity index (χ0) is 27.6. The lowest BCUT2D eigenvalue weighted by atomic mass is 9.55. The van der Waals surface area contributed by atoms with Gasteiger partial charge in [-0.05, 0) is 75.4 Å². The van der Waals surface area contributed by atoms with Gasteiger partial charge in [-0.25, -0.2) is 9.59 Å². The van der Waals surface area contributed by atoms with Gasteiger partial charge in [0.1, 0.15) is 23.4 Å². The number of rotatable bonds is 2. The summed E-state index contributed by atoms with van der Waals surface area (Å²) in [5.74, 6) is -2.28. The second-order valence-electron chi connectivity index (χ2n) is 13.6. The van der Waals surface area contributed by atoms with Crippen LogP contribution in [-0.2, 0) is 23.8 Å². The van der Waals surface area contributed by atoms with E-state index in [0.717, 1.165) is 0 Å². The van der Waals surface area contributed by atoms with Crippen LogP contribution < -0.4 is 0 Å². The van der Waals surface area contributed by atoms with Gasteiger partial charge in [0.25, 0.3) is 0 Å². The Kier molecular flexibility index (Phi) is 5.39. The lowest BCUT2D eigenvalue weighted by molar-refractivity contribution is -0.163. The highest BCUT2D eigenvalue weighted by Gasteiger charge is 2.80. The SMILES string of the molecule is C=C1[C@@H]2C[C@]3(O)[C@H]4O[C@@]45C=CC(=O)OC(C)(C)[C@@H]5[C@H](O)C[C@H]3[C@]2(C)CC[C@@]1(O)[C@@H](C)[C@H]1CC=C(C)C(=O)O1. The first-order chi connectivity index (χ1) is 17.6. The molecule has 11 atom stereocenters. The lowest BCUT2D eigenvalue weighted by Crippen LogP contribution is -2.54. The van der Waals surface area contributed by atoms with Gasteiger partial charge in [-0.15, -0.1) is 0 Å². The molecule has 0 amide bonds. The number of esters is 2. The van der Waals surface area contributed by atoms with Crippen molar-refractivity contribution in [2.24, 2.45) is 29.1 Å². The Hall–Kier alpha value is -2.00. The lowest BCUT2D eigenvalue weighted by Gasteiger charge is -2.52. The molecule has 4 fully saturated rings. The first-order valence-corrected chi connectivity index (χ1v) is 13.9. The van der Waals surface area contributed by atoms with Crippen LogP contribution in [0.2, 0.25) is 0 Å². The van der Waals surface area contributed by atoms with Gasteiger partial charge in [-0.3, -0.25) is 0 Å². The maximum Gasteiger partial charge on any atom is 0.333 e. The number of epoxide rings is 1. The zero-order valence-corrected chi connectivity index (χ0v) is 22.9. The van der Waals surface area contributed by atoms with Crippen LogP contribution in [0.3, 0.4) is 0 Å². The summed E-state index contributed by atoms with van der Waals surface area (Å²) in [7, 11) is 0. The fourth-order valence-corrected chi connectivity index (χ4v) is 9.23. The van der Waals surface area contributed by atoms with Gasteiger partial charge in [0.05, 0.1) is 23.2 Å². The fourth-order valence-electron chi connectivity index (χ4n) is 9.23. The number of carbonyl (C=O) groups is 2. The van der Waals surface area contributed by atoms with Crippen molar-refractivity contribution in [2.45, 2.75) is 107 Å². The monoisotopic (exact) mass is 528 g/mol. The van der Waals surface area contributed by atoms with Crippen molar-refractivity contribution in [3.05, 3.63) is 36.0 Å². The van der Waals surface area contributed by atoms with E-state index in [9.17, 15) is 24.9 Å². The standard InChI is InChI=1S/C30H40O8/c1-15-7-8-20(36-24(15)33)17(3)28(34)12-11-27(6)18(16(28)2)14-29(35)21(27)13-19(31)23-26(4,5)37-22(32)9-10-30(23)25(29)38-30/h7,9-10,17-21,23,25,31,34-35H,2,8,11-14H2,1,3-6H3/t17-,18-,19+,20+,21-,23-,25+,27+,28-,29+,30+/m0/s1. The van der Waals surface area contributed by atoms with Crippen LogP contribution in [0, 0.1) is 29.1 Å². The molecule has 8 nitrogen and oxygen atoms in total. The molecule has 6 aliphatic rings. The minimum atomic E-state index is -1.28. The number of aliphatic hydroxyl groups is 3. The fraction of sp³-hybridized carbons (Fsp3) is 0.733. The van der Waals surface area contributed by atoms with Crippen LogP contribution in [0.4, 0.5) is 0 Å². The summed E-state index contributed by atoms with van der Waals surface area (Å²) in [4.78, 5) is 24.6. The summed E-state index contributed by atoms with van der Waals surface area (Å²) in [5.41, 5.74) is -3.74.